The molecule has 58 valence electrons. The normalized spacial score (nSPS) is 9.33. The molecule has 12 heavy (non-hydrogen) atoms. The zero-order valence-corrected chi connectivity index (χ0v) is 9.11. The van der Waals surface area contributed by atoms with Gasteiger partial charge in [0.2, 0.25) is 0 Å². The Morgan fingerprint density at radius 3 is 1.75 bits per heavy atom. The van der Waals surface area contributed by atoms with Crippen LogP contribution in [0.4, 0.5) is 17.5 Å². The quantitative estimate of drug-likeness (QED) is 0.211. The molecule has 0 unspecified atom stereocenters. The van der Waals surface area contributed by atoms with Gasteiger partial charge in [0.05, 0.1) is 0 Å². The standard InChI is InChI=1S/C4BF4N2.K/c6-2-1(5-9)3(7)11-4(8)10-2;/q-1;+1. The summed E-state index contributed by atoms with van der Waals surface area (Å²) in [6.07, 6.45) is -1.56. The van der Waals surface area contributed by atoms with Crippen LogP contribution in [0.3, 0.4) is 0 Å². The van der Waals surface area contributed by atoms with Crippen molar-refractivity contribution in [2.24, 2.45) is 0 Å². The van der Waals surface area contributed by atoms with Crippen LogP contribution in [0.1, 0.15) is 0 Å². The van der Waals surface area contributed by atoms with E-state index >= 15 is 0 Å². The smallest absolute Gasteiger partial charge is 0.593 e. The number of hydrogen-bond donors (Lipinski definition) is 0. The first kappa shape index (κ1) is 12.5. The van der Waals surface area contributed by atoms with Gasteiger partial charge in [0.15, 0.2) is 11.9 Å². The number of halogens is 4. The molecule has 1 aromatic heterocycles. The van der Waals surface area contributed by atoms with Crippen molar-refractivity contribution in [3.8, 4) is 0 Å². The third kappa shape index (κ3) is 2.77. The van der Waals surface area contributed by atoms with E-state index in [1.807, 2.05) is 0 Å². The number of rotatable bonds is 1. The maximum Gasteiger partial charge on any atom is 1.00 e. The minimum atomic E-state index is -1.56. The Morgan fingerprint density at radius 2 is 1.42 bits per heavy atom. The molecule has 0 spiro atoms. The fourth-order valence-corrected chi connectivity index (χ4v) is 0.483. The van der Waals surface area contributed by atoms with E-state index in [9.17, 15) is 17.5 Å². The van der Waals surface area contributed by atoms with E-state index < -0.39 is 23.4 Å². The van der Waals surface area contributed by atoms with Gasteiger partial charge in [0.25, 0.3) is 0 Å². The molecule has 0 N–H and O–H groups in total. The van der Waals surface area contributed by atoms with Gasteiger partial charge in [-0.05, 0) is 0 Å². The molecule has 0 aliphatic heterocycles. The van der Waals surface area contributed by atoms with Crippen LogP contribution in [0.5, 0.6) is 0 Å². The van der Waals surface area contributed by atoms with E-state index in [4.69, 9.17) is 0 Å². The van der Waals surface area contributed by atoms with E-state index in [-0.39, 0.29) is 58.9 Å². The molecular weight excluding hydrogens is 202 g/mol. The van der Waals surface area contributed by atoms with Crippen molar-refractivity contribution in [2.45, 2.75) is 0 Å². The maximum absolute atomic E-state index is 12.2. The van der Waals surface area contributed by atoms with Gasteiger partial charge in [-0.2, -0.15) is 23.1 Å². The van der Waals surface area contributed by atoms with Crippen molar-refractivity contribution in [1.29, 1.82) is 0 Å². The summed E-state index contributed by atoms with van der Waals surface area (Å²) in [5, 5.41) is 0. The topological polar surface area (TPSA) is 25.8 Å². The van der Waals surface area contributed by atoms with Crippen molar-refractivity contribution in [1.82, 2.24) is 9.97 Å². The molecule has 0 aliphatic rings. The Morgan fingerprint density at radius 1 is 1.00 bits per heavy atom. The first-order chi connectivity index (χ1) is 5.15. The summed E-state index contributed by atoms with van der Waals surface area (Å²) in [5.74, 6) is -3.12. The molecule has 8 heteroatoms. The van der Waals surface area contributed by atoms with Gasteiger partial charge >= 0.3 is 57.5 Å². The van der Waals surface area contributed by atoms with Gasteiger partial charge in [-0.3, -0.25) is 0 Å². The molecule has 0 aliphatic carbocycles. The molecule has 1 heterocycles. The first-order valence-corrected chi connectivity index (χ1v) is 2.47. The molecule has 2 nitrogen and oxygen atoms in total. The Bertz CT molecular complexity index is 261. The van der Waals surface area contributed by atoms with E-state index in [1.165, 1.54) is 0 Å². The molecule has 0 saturated heterocycles. The summed E-state index contributed by atoms with van der Waals surface area (Å²) in [6.45, 7) is 0. The average Bonchev–Trinajstić information content (AvgIpc) is 1.85. The number of nitrogens with zero attached hydrogens (tertiary/aromatic N) is 2. The molecule has 1 rings (SSSR count). The molecule has 0 bridgehead atoms. The Kier molecular flexibility index (Phi) is 5.50. The van der Waals surface area contributed by atoms with Crippen molar-refractivity contribution in [3.63, 3.8) is 0 Å². The Balaban J connectivity index is 0.00000121. The Labute approximate surface area is 108 Å². The van der Waals surface area contributed by atoms with Crippen LogP contribution in [0.15, 0.2) is 0 Å². The molecule has 0 saturated carbocycles. The second-order valence-corrected chi connectivity index (χ2v) is 1.60. The predicted octanol–water partition coefficient (Wildman–Crippen LogP) is -2.89. The number of aromatic nitrogens is 2. The van der Waals surface area contributed by atoms with Crippen LogP contribution in [-0.4, -0.2) is 17.5 Å². The summed E-state index contributed by atoms with van der Waals surface area (Å²) >= 11 is 0. The molecule has 0 aromatic carbocycles. The summed E-state index contributed by atoms with van der Waals surface area (Å²) in [7, 11) is -0.371. The Hall–Kier alpha value is 0.501. The van der Waals surface area contributed by atoms with Gasteiger partial charge in [-0.1, -0.05) is 7.56 Å². The third-order valence-electron chi connectivity index (χ3n) is 0.934. The molecule has 1 aromatic rings. The summed E-state index contributed by atoms with van der Waals surface area (Å²) < 4.78 is 47.9. The van der Waals surface area contributed by atoms with Crippen molar-refractivity contribution >= 4 is 13.0 Å². The average molecular weight is 202 g/mol. The first-order valence-electron chi connectivity index (χ1n) is 2.47. The van der Waals surface area contributed by atoms with Crippen LogP contribution in [0, 0.1) is 18.0 Å². The van der Waals surface area contributed by atoms with Gasteiger partial charge < -0.3 is 4.32 Å². The third-order valence-corrected chi connectivity index (χ3v) is 0.934. The minimum absolute atomic E-state index is 0. The zero-order chi connectivity index (χ0) is 8.43. The van der Waals surface area contributed by atoms with E-state index in [0.717, 1.165) is 0 Å². The van der Waals surface area contributed by atoms with Crippen LogP contribution in [0.25, 0.3) is 0 Å². The summed E-state index contributed by atoms with van der Waals surface area (Å²) in [4.78, 5) is 4.90. The minimum Gasteiger partial charge on any atom is -0.593 e. The molecule has 2 radical (unpaired) electrons. The second-order valence-electron chi connectivity index (χ2n) is 1.60. The monoisotopic (exact) mass is 202 g/mol. The van der Waals surface area contributed by atoms with Crippen molar-refractivity contribution in [2.75, 3.05) is 0 Å². The summed E-state index contributed by atoms with van der Waals surface area (Å²) in [5.41, 5.74) is -1.08. The zero-order valence-electron chi connectivity index (χ0n) is 5.98. The van der Waals surface area contributed by atoms with E-state index in [2.05, 4.69) is 9.97 Å². The van der Waals surface area contributed by atoms with Gasteiger partial charge in [-0.25, -0.2) is 0 Å². The fraction of sp³-hybridized carbons (Fsp3) is 0. The molecule has 0 fully saturated rings. The van der Waals surface area contributed by atoms with E-state index in [1.54, 1.807) is 0 Å². The van der Waals surface area contributed by atoms with Crippen LogP contribution < -0.4 is 56.8 Å². The van der Waals surface area contributed by atoms with Crippen LogP contribution in [-0.2, 0) is 0 Å². The molecule has 0 amide bonds. The van der Waals surface area contributed by atoms with Gasteiger partial charge in [-0.15, -0.1) is 5.46 Å². The molecular formula is C4BF4KN2. The maximum atomic E-state index is 12.2. The van der Waals surface area contributed by atoms with E-state index in [0.29, 0.717) is 0 Å². The SMILES string of the molecule is F[B-]c1c(F)nc(F)nc1F.[K+]. The van der Waals surface area contributed by atoms with Crippen molar-refractivity contribution in [3.05, 3.63) is 18.0 Å². The number of hydrogen-bond acceptors (Lipinski definition) is 2. The molecule has 0 atom stereocenters. The summed E-state index contributed by atoms with van der Waals surface area (Å²) in [6, 6.07) is 0. The fourth-order valence-electron chi connectivity index (χ4n) is 0.483. The van der Waals surface area contributed by atoms with Crippen molar-refractivity contribution < 1.29 is 68.9 Å². The van der Waals surface area contributed by atoms with Crippen LogP contribution >= 0.6 is 0 Å². The van der Waals surface area contributed by atoms with Gasteiger partial charge in [0.1, 0.15) is 0 Å². The second kappa shape index (κ2) is 5.28. The van der Waals surface area contributed by atoms with Gasteiger partial charge in [0, 0.05) is 0 Å². The largest absolute Gasteiger partial charge is 1.00 e. The predicted molar refractivity (Wildman–Crippen MR) is 28.4 cm³/mol. The van der Waals surface area contributed by atoms with Crippen LogP contribution in [0.2, 0.25) is 0 Å².